The second kappa shape index (κ2) is 20.2. The Morgan fingerprint density at radius 3 is 1.91 bits per heavy atom. The molecule has 7 N–H and O–H groups in total. The van der Waals surface area contributed by atoms with Crippen molar-refractivity contribution in [3.05, 3.63) is 162 Å². The third kappa shape index (κ3) is 9.74. The van der Waals surface area contributed by atoms with E-state index in [9.17, 15) is 24.3 Å². The van der Waals surface area contributed by atoms with Gasteiger partial charge in [-0.05, 0) is 77.6 Å². The number of aromatic nitrogens is 4. The molecular weight excluding hydrogens is 879 g/mol. The van der Waals surface area contributed by atoms with Crippen LogP contribution in [0.3, 0.4) is 0 Å². The molecule has 0 aliphatic carbocycles. The van der Waals surface area contributed by atoms with Crippen LogP contribution in [-0.4, -0.2) is 86.0 Å². The molecule has 14 nitrogen and oxygen atoms in total. The smallest absolute Gasteiger partial charge is 0.329 e. The fourth-order valence-corrected chi connectivity index (χ4v) is 9.02. The SMILES string of the molecule is COc1cc(-c2nc(C(=O)N[C@@H](Cc3c[nH]c4ccccc34)C(=O)N[C@@H](Cc3c[nH]c4ccccc34)C(=O)N[C@@H](CCSC)C(=O)OCc3ccccc3)cc3c2[nH]c2ccccc23)ccc1O. The maximum Gasteiger partial charge on any atom is 0.329 e. The lowest BCUT2D eigenvalue weighted by molar-refractivity contribution is -0.149. The van der Waals surface area contributed by atoms with Gasteiger partial charge in [-0.1, -0.05) is 84.9 Å². The van der Waals surface area contributed by atoms with Crippen LogP contribution in [0.15, 0.2) is 140 Å². The number of phenolic OH excluding ortho intramolecular Hbond substituents is 1. The molecule has 0 fully saturated rings. The quantitative estimate of drug-likeness (QED) is 0.0415. The predicted molar refractivity (Wildman–Crippen MR) is 266 cm³/mol. The molecule has 4 heterocycles. The maximum absolute atomic E-state index is 15.0. The third-order valence-corrected chi connectivity index (χ3v) is 12.7. The van der Waals surface area contributed by atoms with Crippen molar-refractivity contribution in [2.24, 2.45) is 0 Å². The number of fused-ring (bicyclic) bond motifs is 5. The van der Waals surface area contributed by atoms with Crippen molar-refractivity contribution in [3.63, 3.8) is 0 Å². The zero-order chi connectivity index (χ0) is 47.1. The number of carbonyl (C=O) groups excluding carboxylic acids is 4. The Labute approximate surface area is 395 Å². The summed E-state index contributed by atoms with van der Waals surface area (Å²) in [6.07, 6.45) is 5.91. The van der Waals surface area contributed by atoms with Crippen LogP contribution < -0.4 is 20.7 Å². The van der Waals surface area contributed by atoms with E-state index in [-0.39, 0.29) is 36.6 Å². The van der Waals surface area contributed by atoms with Crippen molar-refractivity contribution in [2.75, 3.05) is 19.1 Å². The lowest BCUT2D eigenvalue weighted by Gasteiger charge is -2.25. The fourth-order valence-electron chi connectivity index (χ4n) is 8.55. The van der Waals surface area contributed by atoms with Crippen LogP contribution in [0, 0.1) is 0 Å². The maximum atomic E-state index is 15.0. The molecule has 0 spiro atoms. The van der Waals surface area contributed by atoms with Gasteiger partial charge in [0.25, 0.3) is 5.91 Å². The first-order valence-corrected chi connectivity index (χ1v) is 23.6. The number of para-hydroxylation sites is 3. The lowest BCUT2D eigenvalue weighted by atomic mass is 10.0. The van der Waals surface area contributed by atoms with Crippen LogP contribution in [-0.2, 0) is 38.6 Å². The summed E-state index contributed by atoms with van der Waals surface area (Å²) < 4.78 is 11.1. The second-order valence-corrected chi connectivity index (χ2v) is 17.5. The number of hydrogen-bond acceptors (Lipinski definition) is 9. The molecule has 68 heavy (non-hydrogen) atoms. The Morgan fingerprint density at radius 2 is 1.26 bits per heavy atom. The summed E-state index contributed by atoms with van der Waals surface area (Å²) in [6, 6.07) is 35.4. The summed E-state index contributed by atoms with van der Waals surface area (Å²) in [5.41, 5.74) is 6.54. The van der Waals surface area contributed by atoms with Crippen LogP contribution in [0.25, 0.3) is 54.9 Å². The van der Waals surface area contributed by atoms with E-state index >= 15 is 0 Å². The average Bonchev–Trinajstić information content (AvgIpc) is 4.09. The van der Waals surface area contributed by atoms with Gasteiger partial charge in [-0.15, -0.1) is 0 Å². The Balaban J connectivity index is 1.06. The van der Waals surface area contributed by atoms with E-state index in [0.29, 0.717) is 34.3 Å². The Kier molecular flexibility index (Phi) is 13.4. The number of aromatic amines is 3. The Morgan fingerprint density at radius 1 is 0.676 bits per heavy atom. The van der Waals surface area contributed by atoms with Crippen LogP contribution in [0.1, 0.15) is 33.6 Å². The highest BCUT2D eigenvalue weighted by molar-refractivity contribution is 7.98. The molecule has 9 aromatic rings. The van der Waals surface area contributed by atoms with Crippen LogP contribution in [0.4, 0.5) is 0 Å². The zero-order valence-corrected chi connectivity index (χ0v) is 38.1. The van der Waals surface area contributed by atoms with E-state index < -0.39 is 41.8 Å². The standard InChI is InChI=1S/C53H49N7O7S/c1-66-47-26-32(20-21-46(47)61)48-49-38(37-16-8-11-19-41(37)56-49)27-45(57-48)52(64)60-44(25-34-29-55-40-18-10-7-15-36(34)40)51(63)59-43(24-33-28-54-39-17-9-6-14-35(33)39)50(62)58-42(22-23-68-2)53(65)67-30-31-12-4-3-5-13-31/h3-21,26-29,42-44,54-56,61H,22-25,30H2,1-2H3,(H,58,62)(H,59,63)(H,60,64)/t42-,43-,44-/m0/s1. The number of benzene rings is 5. The summed E-state index contributed by atoms with van der Waals surface area (Å²) in [6.45, 7) is 0.0305. The summed E-state index contributed by atoms with van der Waals surface area (Å²) in [4.78, 5) is 72.8. The first kappa shape index (κ1) is 45.1. The van der Waals surface area contributed by atoms with Crippen molar-refractivity contribution < 1.29 is 33.8 Å². The van der Waals surface area contributed by atoms with Gasteiger partial charge in [0.2, 0.25) is 11.8 Å². The number of phenols is 1. The van der Waals surface area contributed by atoms with E-state index in [1.54, 1.807) is 30.6 Å². The number of ether oxygens (including phenoxy) is 2. The third-order valence-electron chi connectivity index (χ3n) is 12.1. The fraction of sp³-hybridized carbons (Fsp3) is 0.189. The molecule has 5 aromatic carbocycles. The van der Waals surface area contributed by atoms with E-state index in [1.165, 1.54) is 24.9 Å². The molecule has 4 aromatic heterocycles. The number of amides is 3. The summed E-state index contributed by atoms with van der Waals surface area (Å²) >= 11 is 1.53. The Bertz CT molecular complexity index is 3290. The Hall–Kier alpha value is -8.04. The number of methoxy groups -OCH3 is 1. The van der Waals surface area contributed by atoms with Gasteiger partial charge in [-0.3, -0.25) is 14.4 Å². The highest BCUT2D eigenvalue weighted by atomic mass is 32.2. The van der Waals surface area contributed by atoms with Crippen LogP contribution in [0.5, 0.6) is 11.5 Å². The highest BCUT2D eigenvalue weighted by Crippen LogP contribution is 2.36. The monoisotopic (exact) mass is 927 g/mol. The van der Waals surface area contributed by atoms with E-state index in [4.69, 9.17) is 14.5 Å². The molecule has 0 aliphatic rings. The zero-order valence-electron chi connectivity index (χ0n) is 37.3. The van der Waals surface area contributed by atoms with Crippen molar-refractivity contribution in [2.45, 2.75) is 44.0 Å². The molecule has 344 valence electrons. The number of esters is 1. The first-order valence-electron chi connectivity index (χ1n) is 22.2. The van der Waals surface area contributed by atoms with Crippen LogP contribution in [0.2, 0.25) is 0 Å². The van der Waals surface area contributed by atoms with Crippen molar-refractivity contribution in [1.82, 2.24) is 35.9 Å². The van der Waals surface area contributed by atoms with Gasteiger partial charge in [-0.2, -0.15) is 11.8 Å². The van der Waals surface area contributed by atoms with Gasteiger partial charge in [-0.25, -0.2) is 9.78 Å². The molecule has 0 unspecified atom stereocenters. The molecule has 0 saturated carbocycles. The van der Waals surface area contributed by atoms with Gasteiger partial charge < -0.3 is 45.5 Å². The summed E-state index contributed by atoms with van der Waals surface area (Å²) in [7, 11) is 1.45. The number of H-pyrrole nitrogens is 3. The second-order valence-electron chi connectivity index (χ2n) is 16.5. The largest absolute Gasteiger partial charge is 0.504 e. The molecule has 0 saturated heterocycles. The normalized spacial score (nSPS) is 12.7. The minimum atomic E-state index is -1.22. The molecule has 9 rings (SSSR count). The van der Waals surface area contributed by atoms with Crippen molar-refractivity contribution >= 4 is 79.1 Å². The van der Waals surface area contributed by atoms with Gasteiger partial charge in [0.05, 0.1) is 18.3 Å². The van der Waals surface area contributed by atoms with Gasteiger partial charge in [0, 0.05) is 68.9 Å². The average molecular weight is 928 g/mol. The summed E-state index contributed by atoms with van der Waals surface area (Å²) in [5, 5.41) is 22.6. The number of pyridine rings is 1. The van der Waals surface area contributed by atoms with Crippen LogP contribution >= 0.6 is 11.8 Å². The molecular formula is C53H49N7O7S. The lowest BCUT2D eigenvalue weighted by Crippen LogP contribution is -2.57. The van der Waals surface area contributed by atoms with E-state index in [0.717, 1.165) is 49.4 Å². The molecule has 0 aliphatic heterocycles. The van der Waals surface area contributed by atoms with E-state index in [2.05, 4.69) is 30.9 Å². The number of carbonyl (C=O) groups is 4. The summed E-state index contributed by atoms with van der Waals surface area (Å²) in [5.74, 6) is -1.73. The van der Waals surface area contributed by atoms with Crippen molar-refractivity contribution in [3.8, 4) is 22.8 Å². The van der Waals surface area contributed by atoms with Gasteiger partial charge in [0.15, 0.2) is 11.5 Å². The van der Waals surface area contributed by atoms with Gasteiger partial charge >= 0.3 is 5.97 Å². The number of nitrogens with zero attached hydrogens (tertiary/aromatic N) is 1. The molecule has 3 amide bonds. The number of aromatic hydroxyl groups is 1. The topological polar surface area (TPSA) is 203 Å². The number of hydrogen-bond donors (Lipinski definition) is 7. The minimum Gasteiger partial charge on any atom is -0.504 e. The molecule has 0 bridgehead atoms. The number of thioether (sulfide) groups is 1. The van der Waals surface area contributed by atoms with E-state index in [1.807, 2.05) is 109 Å². The van der Waals surface area contributed by atoms with Gasteiger partial charge in [0.1, 0.15) is 30.4 Å². The van der Waals surface area contributed by atoms with Crippen molar-refractivity contribution in [1.29, 1.82) is 0 Å². The molecule has 15 heteroatoms. The minimum absolute atomic E-state index is 0.0276. The molecule has 3 atom stereocenters. The predicted octanol–water partition coefficient (Wildman–Crippen LogP) is 8.11. The first-order chi connectivity index (χ1) is 33.2. The highest BCUT2D eigenvalue weighted by Gasteiger charge is 2.32. The molecule has 0 radical (unpaired) electrons. The number of rotatable bonds is 18. The number of nitrogens with one attached hydrogen (secondary N) is 6.